The number of anilines is 1. The first-order chi connectivity index (χ1) is 14.5. The van der Waals surface area contributed by atoms with Crippen molar-refractivity contribution in [1.82, 2.24) is 10.2 Å². The van der Waals surface area contributed by atoms with Gasteiger partial charge in [0.2, 0.25) is 0 Å². The summed E-state index contributed by atoms with van der Waals surface area (Å²) in [5.74, 6) is -0.540. The van der Waals surface area contributed by atoms with Crippen molar-refractivity contribution >= 4 is 49.7 Å². The molecule has 0 aromatic heterocycles. The number of hydrogen-bond acceptors (Lipinski definition) is 3. The maximum absolute atomic E-state index is 13.4. The second-order valence-corrected chi connectivity index (χ2v) is 10.2. The highest BCUT2D eigenvalue weighted by atomic mass is 79.9. The molecule has 1 heterocycles. The van der Waals surface area contributed by atoms with Gasteiger partial charge in [-0.05, 0) is 56.7 Å². The monoisotopic (exact) mass is 555 g/mol. The summed E-state index contributed by atoms with van der Waals surface area (Å²) in [5, 5.41) is 5.76. The molecule has 0 radical (unpaired) electrons. The highest BCUT2D eigenvalue weighted by Gasteiger charge is 2.38. The van der Waals surface area contributed by atoms with Crippen molar-refractivity contribution in [3.63, 3.8) is 0 Å². The number of rotatable bonds is 3. The van der Waals surface area contributed by atoms with Gasteiger partial charge in [0.25, 0.3) is 0 Å². The number of nitrogens with one attached hydrogen (secondary N) is 2. The third-order valence-corrected chi connectivity index (χ3v) is 5.62. The Balaban J connectivity index is 1.76. The van der Waals surface area contributed by atoms with Crippen LogP contribution in [-0.2, 0) is 4.74 Å². The number of amides is 3. The quantitative estimate of drug-likeness (QED) is 0.496. The molecular weight excluding hydrogens is 533 g/mol. The fraction of sp³-hybridized carbons (Fsp3) is 0.364. The van der Waals surface area contributed by atoms with Gasteiger partial charge in [0.15, 0.2) is 0 Å². The zero-order valence-corrected chi connectivity index (χ0v) is 20.6. The minimum atomic E-state index is -0.626. The van der Waals surface area contributed by atoms with Crippen LogP contribution in [0.1, 0.15) is 32.3 Å². The molecule has 2 N–H and O–H groups in total. The molecule has 0 spiro atoms. The molecule has 166 valence electrons. The first kappa shape index (κ1) is 23.5. The van der Waals surface area contributed by atoms with Crippen LogP contribution >= 0.6 is 31.9 Å². The molecular formula is C22H24Br2FN3O3. The number of urea groups is 1. The average molecular weight is 557 g/mol. The van der Waals surface area contributed by atoms with E-state index in [0.717, 1.165) is 14.5 Å². The SMILES string of the molecule is CC(C)(C)OC(=O)N1C[C@@H](NC(=O)Nc2cc(Br)cc(Br)c2)[C@H](c2ccc(F)cc2)C1. The molecule has 0 unspecified atom stereocenters. The van der Waals surface area contributed by atoms with Gasteiger partial charge in [-0.1, -0.05) is 44.0 Å². The molecule has 3 rings (SSSR count). The summed E-state index contributed by atoms with van der Waals surface area (Å²) in [6.07, 6.45) is -0.444. The Hall–Kier alpha value is -2.13. The number of ether oxygens (including phenoxy) is 1. The number of halogens is 3. The molecule has 0 saturated carbocycles. The van der Waals surface area contributed by atoms with E-state index in [4.69, 9.17) is 4.74 Å². The number of hydrogen-bond donors (Lipinski definition) is 2. The molecule has 1 aliphatic rings. The van der Waals surface area contributed by atoms with Crippen molar-refractivity contribution in [2.45, 2.75) is 38.3 Å². The van der Waals surface area contributed by atoms with Gasteiger partial charge in [-0.15, -0.1) is 0 Å². The van der Waals surface area contributed by atoms with Crippen LogP contribution < -0.4 is 10.6 Å². The van der Waals surface area contributed by atoms with Gasteiger partial charge < -0.3 is 20.3 Å². The molecule has 31 heavy (non-hydrogen) atoms. The molecule has 2 aromatic rings. The summed E-state index contributed by atoms with van der Waals surface area (Å²) >= 11 is 6.79. The van der Waals surface area contributed by atoms with E-state index >= 15 is 0 Å². The van der Waals surface area contributed by atoms with Crippen molar-refractivity contribution in [3.05, 3.63) is 62.8 Å². The van der Waals surface area contributed by atoms with Crippen LogP contribution in [0.2, 0.25) is 0 Å². The van der Waals surface area contributed by atoms with E-state index in [1.165, 1.54) is 12.1 Å². The zero-order valence-electron chi connectivity index (χ0n) is 17.4. The smallest absolute Gasteiger partial charge is 0.410 e. The molecule has 1 saturated heterocycles. The third-order valence-electron chi connectivity index (χ3n) is 4.71. The fourth-order valence-electron chi connectivity index (χ4n) is 3.43. The normalized spacial score (nSPS) is 18.6. The predicted molar refractivity (Wildman–Crippen MR) is 125 cm³/mol. The molecule has 9 heteroatoms. The van der Waals surface area contributed by atoms with Crippen LogP contribution in [0.4, 0.5) is 19.7 Å². The van der Waals surface area contributed by atoms with E-state index in [9.17, 15) is 14.0 Å². The lowest BCUT2D eigenvalue weighted by Crippen LogP contribution is -2.43. The summed E-state index contributed by atoms with van der Waals surface area (Å²) in [4.78, 5) is 26.8. The third kappa shape index (κ3) is 6.67. The van der Waals surface area contributed by atoms with Crippen molar-refractivity contribution < 1.29 is 18.7 Å². The minimum Gasteiger partial charge on any atom is -0.444 e. The molecule has 0 bridgehead atoms. The zero-order chi connectivity index (χ0) is 22.8. The minimum absolute atomic E-state index is 0.201. The standard InChI is InChI=1S/C22H24Br2FN3O3/c1-22(2,3)31-21(30)28-11-18(13-4-6-16(25)7-5-13)19(12-28)27-20(29)26-17-9-14(23)8-15(24)10-17/h4-10,18-19H,11-12H2,1-3H3,(H2,26,27,29)/t18-,19+/m0/s1. The summed E-state index contributed by atoms with van der Waals surface area (Å²) in [7, 11) is 0. The van der Waals surface area contributed by atoms with Crippen molar-refractivity contribution in [2.24, 2.45) is 0 Å². The van der Waals surface area contributed by atoms with E-state index in [0.29, 0.717) is 12.2 Å². The van der Waals surface area contributed by atoms with Crippen molar-refractivity contribution in [3.8, 4) is 0 Å². The second-order valence-electron chi connectivity index (χ2n) is 8.41. The molecule has 2 atom stereocenters. The van der Waals surface area contributed by atoms with Crippen LogP contribution in [0.5, 0.6) is 0 Å². The Morgan fingerprint density at radius 3 is 2.26 bits per heavy atom. The fourth-order valence-corrected chi connectivity index (χ4v) is 4.73. The lowest BCUT2D eigenvalue weighted by molar-refractivity contribution is 0.0289. The maximum Gasteiger partial charge on any atom is 0.410 e. The molecule has 0 aliphatic carbocycles. The first-order valence-electron chi connectivity index (χ1n) is 9.77. The van der Waals surface area contributed by atoms with E-state index in [2.05, 4.69) is 42.5 Å². The van der Waals surface area contributed by atoms with Gasteiger partial charge in [-0.2, -0.15) is 0 Å². The first-order valence-corrected chi connectivity index (χ1v) is 11.4. The average Bonchev–Trinajstić information content (AvgIpc) is 3.04. The van der Waals surface area contributed by atoms with Crippen LogP contribution in [0.3, 0.4) is 0 Å². The lowest BCUT2D eigenvalue weighted by atomic mass is 9.94. The summed E-state index contributed by atoms with van der Waals surface area (Å²) in [6.45, 7) is 6.05. The van der Waals surface area contributed by atoms with E-state index in [1.807, 2.05) is 6.07 Å². The maximum atomic E-state index is 13.4. The largest absolute Gasteiger partial charge is 0.444 e. The van der Waals surface area contributed by atoms with Gasteiger partial charge in [-0.25, -0.2) is 14.0 Å². The van der Waals surface area contributed by atoms with E-state index < -0.39 is 17.7 Å². The number of nitrogens with zero attached hydrogens (tertiary/aromatic N) is 1. The molecule has 1 aliphatic heterocycles. The number of carbonyl (C=O) groups excluding carboxylic acids is 2. The Labute approximate surface area is 197 Å². The van der Waals surface area contributed by atoms with Gasteiger partial charge in [0, 0.05) is 33.6 Å². The summed E-state index contributed by atoms with van der Waals surface area (Å²) < 4.78 is 20.5. The Morgan fingerprint density at radius 1 is 1.06 bits per heavy atom. The highest BCUT2D eigenvalue weighted by Crippen LogP contribution is 2.29. The van der Waals surface area contributed by atoms with Crippen molar-refractivity contribution in [1.29, 1.82) is 0 Å². The number of likely N-dealkylation sites (tertiary alicyclic amines) is 1. The second kappa shape index (κ2) is 9.56. The summed E-state index contributed by atoms with van der Waals surface area (Å²) in [6, 6.07) is 10.8. The molecule has 1 fully saturated rings. The van der Waals surface area contributed by atoms with Gasteiger partial charge in [0.1, 0.15) is 11.4 Å². The Morgan fingerprint density at radius 2 is 1.68 bits per heavy atom. The van der Waals surface area contributed by atoms with Crippen molar-refractivity contribution in [2.75, 3.05) is 18.4 Å². The van der Waals surface area contributed by atoms with Crippen LogP contribution in [0.25, 0.3) is 0 Å². The van der Waals surface area contributed by atoms with Gasteiger partial charge in [0.05, 0.1) is 6.04 Å². The Bertz CT molecular complexity index is 943. The lowest BCUT2D eigenvalue weighted by Gasteiger charge is -2.24. The van der Waals surface area contributed by atoms with E-state index in [1.54, 1.807) is 49.9 Å². The number of carbonyl (C=O) groups is 2. The van der Waals surface area contributed by atoms with Crippen LogP contribution in [0.15, 0.2) is 51.4 Å². The predicted octanol–water partition coefficient (Wildman–Crippen LogP) is 5.88. The topological polar surface area (TPSA) is 70.7 Å². The van der Waals surface area contributed by atoms with Gasteiger partial charge in [-0.3, -0.25) is 0 Å². The van der Waals surface area contributed by atoms with Crippen LogP contribution in [-0.4, -0.2) is 41.8 Å². The Kier molecular flexibility index (Phi) is 7.26. The molecule has 6 nitrogen and oxygen atoms in total. The summed E-state index contributed by atoms with van der Waals surface area (Å²) in [5.41, 5.74) is 0.821. The highest BCUT2D eigenvalue weighted by molar-refractivity contribution is 9.11. The van der Waals surface area contributed by atoms with Gasteiger partial charge >= 0.3 is 12.1 Å². The van der Waals surface area contributed by atoms with E-state index in [-0.39, 0.29) is 24.3 Å². The molecule has 3 amide bonds. The van der Waals surface area contributed by atoms with Crippen LogP contribution in [0, 0.1) is 5.82 Å². The molecule has 2 aromatic carbocycles. The number of benzene rings is 2.